The highest BCUT2D eigenvalue weighted by Gasteiger charge is 2.24. The highest BCUT2D eigenvalue weighted by Crippen LogP contribution is 2.23. The number of pyridine rings is 1. The van der Waals surface area contributed by atoms with Crippen LogP contribution in [0.1, 0.15) is 45.2 Å². The van der Waals surface area contributed by atoms with Crippen LogP contribution < -0.4 is 5.32 Å². The van der Waals surface area contributed by atoms with Gasteiger partial charge in [0.1, 0.15) is 5.82 Å². The molecule has 19 heavy (non-hydrogen) atoms. The van der Waals surface area contributed by atoms with Crippen LogP contribution in [0, 0.1) is 5.82 Å². The molecule has 2 rings (SSSR count). The maximum Gasteiger partial charge on any atom is 0.141 e. The molecule has 1 aliphatic rings. The van der Waals surface area contributed by atoms with Gasteiger partial charge in [-0.1, -0.05) is 0 Å². The normalized spacial score (nSPS) is 21.3. The fourth-order valence-electron chi connectivity index (χ4n) is 2.83. The van der Waals surface area contributed by atoms with Crippen molar-refractivity contribution in [3.05, 3.63) is 29.8 Å². The quantitative estimate of drug-likeness (QED) is 0.887. The van der Waals surface area contributed by atoms with Gasteiger partial charge >= 0.3 is 0 Å². The van der Waals surface area contributed by atoms with E-state index in [9.17, 15) is 4.39 Å². The maximum absolute atomic E-state index is 13.3. The average Bonchev–Trinajstić information content (AvgIpc) is 2.87. The first kappa shape index (κ1) is 14.4. The van der Waals surface area contributed by atoms with Crippen LogP contribution in [-0.2, 0) is 0 Å². The molecule has 0 radical (unpaired) electrons. The molecule has 4 heteroatoms. The summed E-state index contributed by atoms with van der Waals surface area (Å²) < 4.78 is 13.3. The molecule has 0 saturated carbocycles. The molecule has 1 aliphatic heterocycles. The van der Waals surface area contributed by atoms with Crippen LogP contribution in [-0.4, -0.2) is 35.1 Å². The van der Waals surface area contributed by atoms with Crippen LogP contribution in [0.2, 0.25) is 0 Å². The lowest BCUT2D eigenvalue weighted by atomic mass is 10.1. The third-order valence-corrected chi connectivity index (χ3v) is 3.96. The highest BCUT2D eigenvalue weighted by atomic mass is 19.1. The lowest BCUT2D eigenvalue weighted by molar-refractivity contribution is 0.149. The van der Waals surface area contributed by atoms with Crippen molar-refractivity contribution in [2.24, 2.45) is 0 Å². The van der Waals surface area contributed by atoms with E-state index in [2.05, 4.69) is 36.0 Å². The molecule has 2 unspecified atom stereocenters. The number of nitrogens with one attached hydrogen (secondary N) is 1. The first-order valence-corrected chi connectivity index (χ1v) is 7.17. The molecule has 106 valence electrons. The van der Waals surface area contributed by atoms with Crippen LogP contribution in [0.3, 0.4) is 0 Å². The van der Waals surface area contributed by atoms with Crippen molar-refractivity contribution in [3.8, 4) is 0 Å². The van der Waals surface area contributed by atoms with Gasteiger partial charge in [-0.05, 0) is 51.8 Å². The van der Waals surface area contributed by atoms with E-state index in [1.54, 1.807) is 12.3 Å². The Morgan fingerprint density at radius 2 is 2.21 bits per heavy atom. The van der Waals surface area contributed by atoms with E-state index >= 15 is 0 Å². The number of aromatic nitrogens is 1. The molecular weight excluding hydrogens is 241 g/mol. The zero-order chi connectivity index (χ0) is 13.8. The topological polar surface area (TPSA) is 28.2 Å². The molecule has 0 bridgehead atoms. The Morgan fingerprint density at radius 3 is 2.79 bits per heavy atom. The van der Waals surface area contributed by atoms with Gasteiger partial charge < -0.3 is 5.32 Å². The van der Waals surface area contributed by atoms with Crippen LogP contribution in [0.15, 0.2) is 18.5 Å². The fraction of sp³-hybridized carbons (Fsp3) is 0.667. The molecule has 0 spiro atoms. The van der Waals surface area contributed by atoms with Gasteiger partial charge in [0.2, 0.25) is 0 Å². The Morgan fingerprint density at radius 1 is 1.42 bits per heavy atom. The third kappa shape index (κ3) is 3.74. The van der Waals surface area contributed by atoms with Gasteiger partial charge in [-0.2, -0.15) is 0 Å². The molecule has 1 fully saturated rings. The molecule has 3 nitrogen and oxygen atoms in total. The lowest BCUT2D eigenvalue weighted by Crippen LogP contribution is -2.42. The summed E-state index contributed by atoms with van der Waals surface area (Å²) in [5.41, 5.74) is 0.951. The van der Waals surface area contributed by atoms with Gasteiger partial charge in [-0.3, -0.25) is 9.88 Å². The number of hydrogen-bond acceptors (Lipinski definition) is 3. The van der Waals surface area contributed by atoms with Crippen molar-refractivity contribution in [2.45, 2.75) is 51.7 Å². The monoisotopic (exact) mass is 265 g/mol. The molecule has 0 aliphatic carbocycles. The molecule has 0 aromatic carbocycles. The van der Waals surface area contributed by atoms with E-state index in [-0.39, 0.29) is 11.9 Å². The Bertz CT molecular complexity index is 402. The van der Waals surface area contributed by atoms with E-state index in [1.807, 2.05) is 0 Å². The van der Waals surface area contributed by atoms with Crippen molar-refractivity contribution in [2.75, 3.05) is 13.1 Å². The summed E-state index contributed by atoms with van der Waals surface area (Å²) in [5, 5.41) is 3.53. The van der Waals surface area contributed by atoms with E-state index < -0.39 is 0 Å². The van der Waals surface area contributed by atoms with Crippen molar-refractivity contribution in [1.82, 2.24) is 15.2 Å². The SMILES string of the molecule is CC(C)N(CC1CCCN1)C(C)c1cncc(F)c1. The van der Waals surface area contributed by atoms with Crippen LogP contribution in [0.5, 0.6) is 0 Å². The predicted octanol–water partition coefficient (Wildman–Crippen LogP) is 2.74. The van der Waals surface area contributed by atoms with Crippen LogP contribution >= 0.6 is 0 Å². The summed E-state index contributed by atoms with van der Waals surface area (Å²) >= 11 is 0. The summed E-state index contributed by atoms with van der Waals surface area (Å²) in [4.78, 5) is 6.38. The molecule has 1 saturated heterocycles. The van der Waals surface area contributed by atoms with Gasteiger partial charge in [0.15, 0.2) is 0 Å². The molecule has 1 aromatic rings. The van der Waals surface area contributed by atoms with Gasteiger partial charge in [0, 0.05) is 30.9 Å². The van der Waals surface area contributed by atoms with Gasteiger partial charge in [0.05, 0.1) is 6.20 Å². The largest absolute Gasteiger partial charge is 0.313 e. The van der Waals surface area contributed by atoms with E-state index in [0.717, 1.165) is 18.7 Å². The van der Waals surface area contributed by atoms with E-state index in [4.69, 9.17) is 0 Å². The van der Waals surface area contributed by atoms with E-state index in [1.165, 1.54) is 19.0 Å². The second-order valence-corrected chi connectivity index (χ2v) is 5.70. The number of halogens is 1. The highest BCUT2D eigenvalue weighted by molar-refractivity contribution is 5.14. The summed E-state index contributed by atoms with van der Waals surface area (Å²) in [6.45, 7) is 8.64. The van der Waals surface area contributed by atoms with Crippen LogP contribution in [0.4, 0.5) is 4.39 Å². The summed E-state index contributed by atoms with van der Waals surface area (Å²) in [5.74, 6) is -0.257. The zero-order valence-electron chi connectivity index (χ0n) is 12.1. The molecule has 2 atom stereocenters. The molecule has 1 N–H and O–H groups in total. The average molecular weight is 265 g/mol. The summed E-state index contributed by atoms with van der Waals surface area (Å²) in [7, 11) is 0. The number of nitrogens with zero attached hydrogens (tertiary/aromatic N) is 2. The minimum absolute atomic E-state index is 0.186. The Kier molecular flexibility index (Phi) is 4.88. The first-order chi connectivity index (χ1) is 9.08. The third-order valence-electron chi connectivity index (χ3n) is 3.96. The Labute approximate surface area is 115 Å². The maximum atomic E-state index is 13.3. The molecular formula is C15H24FN3. The number of rotatable bonds is 5. The Hall–Kier alpha value is -1.00. The first-order valence-electron chi connectivity index (χ1n) is 7.17. The number of hydrogen-bond donors (Lipinski definition) is 1. The van der Waals surface area contributed by atoms with Crippen molar-refractivity contribution < 1.29 is 4.39 Å². The van der Waals surface area contributed by atoms with Gasteiger partial charge in [0.25, 0.3) is 0 Å². The molecule has 2 heterocycles. The van der Waals surface area contributed by atoms with E-state index in [0.29, 0.717) is 12.1 Å². The minimum atomic E-state index is -0.257. The Balaban J connectivity index is 2.09. The lowest BCUT2D eigenvalue weighted by Gasteiger charge is -2.35. The summed E-state index contributed by atoms with van der Waals surface area (Å²) in [6.07, 6.45) is 5.52. The zero-order valence-corrected chi connectivity index (χ0v) is 12.1. The fourth-order valence-corrected chi connectivity index (χ4v) is 2.83. The standard InChI is InChI=1S/C15H24FN3/c1-11(2)19(10-15-5-4-6-18-15)12(3)13-7-14(16)9-17-8-13/h7-9,11-12,15,18H,4-6,10H2,1-3H3. The second-order valence-electron chi connectivity index (χ2n) is 5.70. The molecule has 0 amide bonds. The summed E-state index contributed by atoms with van der Waals surface area (Å²) in [6, 6.07) is 2.77. The van der Waals surface area contributed by atoms with Crippen molar-refractivity contribution in [1.29, 1.82) is 0 Å². The van der Waals surface area contributed by atoms with Gasteiger partial charge in [-0.25, -0.2) is 4.39 Å². The van der Waals surface area contributed by atoms with Crippen molar-refractivity contribution >= 4 is 0 Å². The second kappa shape index (κ2) is 6.44. The smallest absolute Gasteiger partial charge is 0.141 e. The van der Waals surface area contributed by atoms with Crippen LogP contribution in [0.25, 0.3) is 0 Å². The molecule has 1 aromatic heterocycles. The predicted molar refractivity (Wildman–Crippen MR) is 75.5 cm³/mol. The van der Waals surface area contributed by atoms with Gasteiger partial charge in [-0.15, -0.1) is 0 Å². The van der Waals surface area contributed by atoms with Crippen molar-refractivity contribution in [3.63, 3.8) is 0 Å². The minimum Gasteiger partial charge on any atom is -0.313 e.